The van der Waals surface area contributed by atoms with E-state index in [-0.39, 0.29) is 17.2 Å². The summed E-state index contributed by atoms with van der Waals surface area (Å²) in [5, 5.41) is 3.53. The predicted molar refractivity (Wildman–Crippen MR) is 105 cm³/mol. The Morgan fingerprint density at radius 3 is 2.31 bits per heavy atom. The fourth-order valence-corrected chi connectivity index (χ4v) is 3.68. The first-order valence-corrected chi connectivity index (χ1v) is 11.2. The van der Waals surface area contributed by atoms with Gasteiger partial charge in [0.05, 0.1) is 4.90 Å². The van der Waals surface area contributed by atoms with Gasteiger partial charge in [-0.15, -0.1) is 0 Å². The minimum atomic E-state index is -3.32. The third-order valence-electron chi connectivity index (χ3n) is 4.10. The van der Waals surface area contributed by atoms with Crippen molar-refractivity contribution in [1.82, 2.24) is 9.97 Å². The minimum Gasteiger partial charge on any atom is -0.326 e. The molecule has 8 heteroatoms. The molecule has 1 aromatic carbocycles. The second-order valence-electron chi connectivity index (χ2n) is 6.16. The van der Waals surface area contributed by atoms with Crippen molar-refractivity contribution in [3.63, 3.8) is 0 Å². The molecule has 0 aliphatic rings. The topological polar surface area (TPSA) is 89.0 Å². The molecular formula is C18H23N3O3S2. The number of hydrogen-bond donors (Lipinski definition) is 1. The second kappa shape index (κ2) is 8.18. The smallest absolute Gasteiger partial charge is 0.224 e. The molecule has 0 bridgehead atoms. The first-order chi connectivity index (χ1) is 12.1. The molecule has 0 aliphatic heterocycles. The lowest BCUT2D eigenvalue weighted by atomic mass is 10.1. The molecule has 0 spiro atoms. The number of aryl methyl sites for hydroxylation is 3. The molecule has 0 saturated heterocycles. The van der Waals surface area contributed by atoms with Crippen molar-refractivity contribution in [3.05, 3.63) is 40.7 Å². The lowest BCUT2D eigenvalue weighted by Gasteiger charge is -2.12. The first-order valence-electron chi connectivity index (χ1n) is 8.10. The quantitative estimate of drug-likeness (QED) is 0.599. The molecule has 2 aromatic rings. The number of benzene rings is 1. The summed E-state index contributed by atoms with van der Waals surface area (Å²) in [7, 11) is -3.32. The van der Waals surface area contributed by atoms with Crippen LogP contribution in [0, 0.1) is 20.8 Å². The molecule has 1 heterocycles. The van der Waals surface area contributed by atoms with Crippen LogP contribution in [-0.2, 0) is 21.1 Å². The Hall–Kier alpha value is -1.93. The van der Waals surface area contributed by atoms with E-state index < -0.39 is 9.84 Å². The summed E-state index contributed by atoms with van der Waals surface area (Å²) < 4.78 is 23.4. The largest absolute Gasteiger partial charge is 0.326 e. The highest BCUT2D eigenvalue weighted by atomic mass is 32.2. The molecule has 2 rings (SSSR count). The van der Waals surface area contributed by atoms with Gasteiger partial charge in [-0.1, -0.05) is 17.8 Å². The van der Waals surface area contributed by atoms with E-state index in [1.807, 2.05) is 27.0 Å². The fourth-order valence-electron chi connectivity index (χ4n) is 2.58. The molecule has 0 radical (unpaired) electrons. The van der Waals surface area contributed by atoms with Crippen molar-refractivity contribution in [2.75, 3.05) is 17.8 Å². The van der Waals surface area contributed by atoms with Crippen molar-refractivity contribution in [3.8, 4) is 0 Å². The van der Waals surface area contributed by atoms with E-state index in [0.29, 0.717) is 12.1 Å². The molecule has 140 valence electrons. The molecule has 0 saturated carbocycles. The highest BCUT2D eigenvalue weighted by Gasteiger charge is 2.13. The van der Waals surface area contributed by atoms with E-state index in [1.165, 1.54) is 23.9 Å². The number of rotatable bonds is 6. The zero-order valence-electron chi connectivity index (χ0n) is 15.6. The first kappa shape index (κ1) is 20.4. The maximum absolute atomic E-state index is 12.3. The van der Waals surface area contributed by atoms with Crippen molar-refractivity contribution in [1.29, 1.82) is 0 Å². The molecule has 1 amide bonds. The molecule has 6 nitrogen and oxygen atoms in total. The van der Waals surface area contributed by atoms with E-state index in [9.17, 15) is 13.2 Å². The molecule has 1 aromatic heterocycles. The van der Waals surface area contributed by atoms with Crippen molar-refractivity contribution in [2.45, 2.75) is 43.7 Å². The molecule has 0 aliphatic carbocycles. The monoisotopic (exact) mass is 393 g/mol. The Balaban J connectivity index is 2.11. The van der Waals surface area contributed by atoms with Crippen LogP contribution in [0.3, 0.4) is 0 Å². The maximum Gasteiger partial charge on any atom is 0.224 e. The highest BCUT2D eigenvalue weighted by molar-refractivity contribution is 7.98. The summed E-state index contributed by atoms with van der Waals surface area (Å²) in [6.07, 6.45) is 3.87. The summed E-state index contributed by atoms with van der Waals surface area (Å²) in [5.41, 5.74) is 4.06. The van der Waals surface area contributed by atoms with Crippen LogP contribution in [0.15, 0.2) is 28.3 Å². The number of nitrogens with one attached hydrogen (secondary N) is 1. The third-order valence-corrected chi connectivity index (χ3v) is 5.75. The van der Waals surface area contributed by atoms with Crippen LogP contribution < -0.4 is 5.32 Å². The Morgan fingerprint density at radius 2 is 1.77 bits per heavy atom. The number of carbonyl (C=O) groups is 1. The number of aromatic nitrogens is 2. The van der Waals surface area contributed by atoms with Crippen LogP contribution in [0.2, 0.25) is 0 Å². The van der Waals surface area contributed by atoms with Crippen LogP contribution in [0.5, 0.6) is 0 Å². The van der Waals surface area contributed by atoms with Gasteiger partial charge in [-0.3, -0.25) is 4.79 Å². The van der Waals surface area contributed by atoms with Crippen LogP contribution >= 0.6 is 11.8 Å². The van der Waals surface area contributed by atoms with Gasteiger partial charge in [0.25, 0.3) is 0 Å². The van der Waals surface area contributed by atoms with Crippen molar-refractivity contribution < 1.29 is 13.2 Å². The summed E-state index contributed by atoms with van der Waals surface area (Å²) in [6.45, 7) is 5.66. The fraction of sp³-hybridized carbons (Fsp3) is 0.389. The van der Waals surface area contributed by atoms with E-state index in [2.05, 4.69) is 15.3 Å². The van der Waals surface area contributed by atoms with Crippen LogP contribution in [0.1, 0.15) is 28.9 Å². The molecule has 26 heavy (non-hydrogen) atoms. The van der Waals surface area contributed by atoms with Gasteiger partial charge in [0, 0.05) is 29.8 Å². The van der Waals surface area contributed by atoms with Gasteiger partial charge >= 0.3 is 0 Å². The van der Waals surface area contributed by atoms with Crippen LogP contribution in [-0.4, -0.2) is 36.8 Å². The Bertz CT molecular complexity index is 918. The van der Waals surface area contributed by atoms with Gasteiger partial charge in [0.2, 0.25) is 5.91 Å². The van der Waals surface area contributed by atoms with E-state index in [4.69, 9.17) is 0 Å². The normalized spacial score (nSPS) is 11.4. The summed E-state index contributed by atoms with van der Waals surface area (Å²) in [6, 6.07) is 4.72. The second-order valence-corrected chi connectivity index (χ2v) is 8.95. The van der Waals surface area contributed by atoms with E-state index in [0.717, 1.165) is 33.9 Å². The standard InChI is InChI=1S/C18H23N3O3S2/c1-11-6-7-14(26(5,23)24)10-16(11)21-17(22)9-8-15-12(2)19-18(25-4)20-13(15)3/h6-7,10H,8-9H2,1-5H3,(H,21,22). The Kier molecular flexibility index (Phi) is 6.41. The lowest BCUT2D eigenvalue weighted by molar-refractivity contribution is -0.116. The van der Waals surface area contributed by atoms with Gasteiger partial charge in [-0.05, 0) is 56.7 Å². The Labute approximate surface area is 158 Å². The molecule has 0 fully saturated rings. The number of hydrogen-bond acceptors (Lipinski definition) is 6. The van der Waals surface area contributed by atoms with Crippen LogP contribution in [0.25, 0.3) is 0 Å². The lowest BCUT2D eigenvalue weighted by Crippen LogP contribution is -2.15. The summed E-state index contributed by atoms with van der Waals surface area (Å²) in [4.78, 5) is 21.4. The summed E-state index contributed by atoms with van der Waals surface area (Å²) in [5.74, 6) is -0.175. The molecule has 1 N–H and O–H groups in total. The number of amides is 1. The number of nitrogens with zero attached hydrogens (tertiary/aromatic N) is 2. The van der Waals surface area contributed by atoms with E-state index in [1.54, 1.807) is 6.07 Å². The minimum absolute atomic E-state index is 0.175. The van der Waals surface area contributed by atoms with E-state index >= 15 is 0 Å². The number of carbonyl (C=O) groups excluding carboxylic acids is 1. The predicted octanol–water partition coefficient (Wildman–Crippen LogP) is 3.10. The van der Waals surface area contributed by atoms with Gasteiger partial charge in [-0.25, -0.2) is 18.4 Å². The maximum atomic E-state index is 12.3. The number of thioether (sulfide) groups is 1. The molecule has 0 atom stereocenters. The average molecular weight is 394 g/mol. The zero-order chi connectivity index (χ0) is 19.5. The zero-order valence-corrected chi connectivity index (χ0v) is 17.2. The number of anilines is 1. The number of sulfone groups is 1. The van der Waals surface area contributed by atoms with Crippen LogP contribution in [0.4, 0.5) is 5.69 Å². The highest BCUT2D eigenvalue weighted by Crippen LogP contribution is 2.21. The third kappa shape index (κ3) is 5.04. The Morgan fingerprint density at radius 1 is 1.15 bits per heavy atom. The van der Waals surface area contributed by atoms with Gasteiger partial charge in [-0.2, -0.15) is 0 Å². The molecular weight excluding hydrogens is 370 g/mol. The SMILES string of the molecule is CSc1nc(C)c(CCC(=O)Nc2cc(S(C)(=O)=O)ccc2C)c(C)n1. The van der Waals surface area contributed by atoms with Gasteiger partial charge in [0.1, 0.15) is 0 Å². The summed E-state index contributed by atoms with van der Waals surface area (Å²) >= 11 is 1.49. The van der Waals surface area contributed by atoms with Crippen molar-refractivity contribution in [2.24, 2.45) is 0 Å². The van der Waals surface area contributed by atoms with Gasteiger partial charge < -0.3 is 5.32 Å². The van der Waals surface area contributed by atoms with Crippen molar-refractivity contribution >= 4 is 33.2 Å². The average Bonchev–Trinajstić information content (AvgIpc) is 2.54. The van der Waals surface area contributed by atoms with Gasteiger partial charge in [0.15, 0.2) is 15.0 Å². The molecule has 0 unspecified atom stereocenters.